The van der Waals surface area contributed by atoms with E-state index in [4.69, 9.17) is 23.5 Å². The highest BCUT2D eigenvalue weighted by atomic mass is 16.5. The molecule has 0 saturated heterocycles. The highest BCUT2D eigenvalue weighted by molar-refractivity contribution is 5.66. The largest absolute Gasteiger partial charge is 0.497 e. The lowest BCUT2D eigenvalue weighted by molar-refractivity contribution is -0.00115. The fourth-order valence-electron chi connectivity index (χ4n) is 3.80. The van der Waals surface area contributed by atoms with Gasteiger partial charge in [-0.05, 0) is 42.8 Å². The molecule has 33 heavy (non-hydrogen) atoms. The van der Waals surface area contributed by atoms with Crippen LogP contribution >= 0.6 is 0 Å². The molecule has 0 unspecified atom stereocenters. The lowest BCUT2D eigenvalue weighted by Crippen LogP contribution is -2.21. The summed E-state index contributed by atoms with van der Waals surface area (Å²) in [4.78, 5) is 4.53. The summed E-state index contributed by atoms with van der Waals surface area (Å²) >= 11 is 0. The Balaban J connectivity index is 1.36. The number of ether oxygens (including phenoxy) is 4. The van der Waals surface area contributed by atoms with Gasteiger partial charge in [0, 0.05) is 6.07 Å². The van der Waals surface area contributed by atoms with Crippen molar-refractivity contribution in [1.82, 2.24) is 19.9 Å². The minimum absolute atomic E-state index is 0.0947. The van der Waals surface area contributed by atoms with Gasteiger partial charge >= 0.3 is 0 Å². The van der Waals surface area contributed by atoms with E-state index < -0.39 is 0 Å². The Labute approximate surface area is 190 Å². The third kappa shape index (κ3) is 4.14. The highest BCUT2D eigenvalue weighted by Crippen LogP contribution is 2.34. The van der Waals surface area contributed by atoms with E-state index in [1.807, 2.05) is 54.1 Å². The monoisotopic (exact) mass is 448 g/mol. The maximum absolute atomic E-state index is 6.07. The van der Waals surface area contributed by atoms with E-state index in [0.717, 1.165) is 17.0 Å². The molecule has 0 bridgehead atoms. The van der Waals surface area contributed by atoms with Gasteiger partial charge in [0.25, 0.3) is 5.89 Å². The number of hydrogen-bond donors (Lipinski definition) is 0. The molecule has 0 saturated carbocycles. The van der Waals surface area contributed by atoms with Crippen molar-refractivity contribution in [1.29, 1.82) is 0 Å². The van der Waals surface area contributed by atoms with Crippen LogP contribution in [0.3, 0.4) is 0 Å². The van der Waals surface area contributed by atoms with Gasteiger partial charge in [0.1, 0.15) is 23.4 Å². The van der Waals surface area contributed by atoms with Gasteiger partial charge in [-0.3, -0.25) is 4.68 Å². The minimum Gasteiger partial charge on any atom is -0.497 e. The molecular formula is C24H24N4O5. The summed E-state index contributed by atoms with van der Waals surface area (Å²) in [7, 11) is 3.19. The molecule has 9 heteroatoms. The van der Waals surface area contributed by atoms with Crippen LogP contribution in [0.2, 0.25) is 0 Å². The summed E-state index contributed by atoms with van der Waals surface area (Å²) in [5, 5.41) is 8.80. The predicted molar refractivity (Wildman–Crippen MR) is 119 cm³/mol. The van der Waals surface area contributed by atoms with Gasteiger partial charge in [0.15, 0.2) is 5.69 Å². The molecule has 9 nitrogen and oxygen atoms in total. The molecule has 0 amide bonds. The zero-order chi connectivity index (χ0) is 22.8. The zero-order valence-electron chi connectivity index (χ0n) is 18.6. The SMILES string of the molecule is CCOc1ccc([C@@H]2Cn3nc(-c4nc(-c5ccc(OC)cc5OC)no4)cc3CO2)cc1. The van der Waals surface area contributed by atoms with Gasteiger partial charge < -0.3 is 23.5 Å². The molecule has 1 aliphatic heterocycles. The average molecular weight is 448 g/mol. The van der Waals surface area contributed by atoms with Crippen LogP contribution in [0.25, 0.3) is 23.0 Å². The lowest BCUT2D eigenvalue weighted by atomic mass is 10.1. The zero-order valence-corrected chi connectivity index (χ0v) is 18.6. The van der Waals surface area contributed by atoms with Crippen LogP contribution in [-0.4, -0.2) is 40.7 Å². The smallest absolute Gasteiger partial charge is 0.278 e. The Bertz CT molecular complexity index is 1250. The molecule has 0 aliphatic carbocycles. The van der Waals surface area contributed by atoms with Gasteiger partial charge in [-0.15, -0.1) is 0 Å². The van der Waals surface area contributed by atoms with E-state index in [9.17, 15) is 0 Å². The van der Waals surface area contributed by atoms with Gasteiger partial charge in [-0.25, -0.2) is 0 Å². The van der Waals surface area contributed by atoms with Gasteiger partial charge in [-0.1, -0.05) is 17.3 Å². The summed E-state index contributed by atoms with van der Waals surface area (Å²) < 4.78 is 29.7. The Morgan fingerprint density at radius 2 is 1.85 bits per heavy atom. The van der Waals surface area contributed by atoms with Crippen LogP contribution in [0.1, 0.15) is 24.3 Å². The topological polar surface area (TPSA) is 93.7 Å². The van der Waals surface area contributed by atoms with Crippen molar-refractivity contribution in [3.05, 3.63) is 59.8 Å². The molecule has 170 valence electrons. The van der Waals surface area contributed by atoms with Crippen LogP contribution in [0.4, 0.5) is 0 Å². The molecule has 2 aromatic carbocycles. The van der Waals surface area contributed by atoms with E-state index in [0.29, 0.717) is 54.2 Å². The molecule has 4 aromatic rings. The third-order valence-corrected chi connectivity index (χ3v) is 5.49. The van der Waals surface area contributed by atoms with E-state index in [-0.39, 0.29) is 6.10 Å². The van der Waals surface area contributed by atoms with Crippen molar-refractivity contribution in [2.45, 2.75) is 26.2 Å². The fraction of sp³-hybridized carbons (Fsp3) is 0.292. The summed E-state index contributed by atoms with van der Waals surface area (Å²) in [5.74, 6) is 2.88. The van der Waals surface area contributed by atoms with Gasteiger partial charge in [0.2, 0.25) is 5.82 Å². The third-order valence-electron chi connectivity index (χ3n) is 5.49. The van der Waals surface area contributed by atoms with Crippen molar-refractivity contribution in [3.8, 4) is 40.2 Å². The molecule has 5 rings (SSSR count). The van der Waals surface area contributed by atoms with Gasteiger partial charge in [0.05, 0.1) is 45.2 Å². The lowest BCUT2D eigenvalue weighted by Gasteiger charge is -2.24. The predicted octanol–water partition coefficient (Wildman–Crippen LogP) is 4.29. The number of fused-ring (bicyclic) bond motifs is 1. The van der Waals surface area contributed by atoms with Crippen molar-refractivity contribution in [2.75, 3.05) is 20.8 Å². The maximum atomic E-state index is 6.07. The average Bonchev–Trinajstić information content (AvgIpc) is 3.51. The standard InChI is InChI=1S/C24H24N4O5/c1-4-31-17-7-5-15(6-8-17)22-13-28-16(14-32-22)11-20(26-28)24-25-23(27-33-24)19-10-9-18(29-2)12-21(19)30-3/h5-12,22H,4,13-14H2,1-3H3/t22-/m0/s1. The van der Waals surface area contributed by atoms with E-state index in [2.05, 4.69) is 15.2 Å². The summed E-state index contributed by atoms with van der Waals surface area (Å²) in [6.45, 7) is 3.64. The van der Waals surface area contributed by atoms with Crippen molar-refractivity contribution in [3.63, 3.8) is 0 Å². The normalized spacial score (nSPS) is 15.2. The van der Waals surface area contributed by atoms with Crippen LogP contribution in [0.15, 0.2) is 53.1 Å². The molecule has 1 aliphatic rings. The summed E-state index contributed by atoms with van der Waals surface area (Å²) in [6, 6.07) is 15.3. The van der Waals surface area contributed by atoms with E-state index in [1.54, 1.807) is 20.3 Å². The van der Waals surface area contributed by atoms with Crippen LogP contribution < -0.4 is 14.2 Å². The second-order valence-corrected chi connectivity index (χ2v) is 7.49. The number of nitrogens with zero attached hydrogens (tertiary/aromatic N) is 4. The number of hydrogen-bond acceptors (Lipinski definition) is 8. The molecule has 1 atom stereocenters. The Morgan fingerprint density at radius 3 is 2.61 bits per heavy atom. The first-order valence-corrected chi connectivity index (χ1v) is 10.7. The Hall–Kier alpha value is -3.85. The number of rotatable bonds is 7. The van der Waals surface area contributed by atoms with Crippen LogP contribution in [-0.2, 0) is 17.9 Å². The van der Waals surface area contributed by atoms with Crippen molar-refractivity contribution >= 4 is 0 Å². The Kier molecular flexibility index (Phi) is 5.70. The van der Waals surface area contributed by atoms with Crippen molar-refractivity contribution < 1.29 is 23.5 Å². The van der Waals surface area contributed by atoms with Crippen LogP contribution in [0.5, 0.6) is 17.2 Å². The number of aromatic nitrogens is 4. The van der Waals surface area contributed by atoms with E-state index >= 15 is 0 Å². The van der Waals surface area contributed by atoms with E-state index in [1.165, 1.54) is 0 Å². The fourth-order valence-corrected chi connectivity index (χ4v) is 3.80. The number of benzene rings is 2. The second kappa shape index (κ2) is 8.95. The number of methoxy groups -OCH3 is 2. The van der Waals surface area contributed by atoms with Crippen LogP contribution in [0, 0.1) is 0 Å². The first-order valence-electron chi connectivity index (χ1n) is 10.7. The molecule has 3 heterocycles. The molecule has 0 spiro atoms. The quantitative estimate of drug-likeness (QED) is 0.413. The molecular weight excluding hydrogens is 424 g/mol. The first-order chi connectivity index (χ1) is 16.2. The summed E-state index contributed by atoms with van der Waals surface area (Å²) in [6.07, 6.45) is -0.0947. The highest BCUT2D eigenvalue weighted by Gasteiger charge is 2.25. The summed E-state index contributed by atoms with van der Waals surface area (Å²) in [5.41, 5.74) is 3.34. The van der Waals surface area contributed by atoms with Gasteiger partial charge in [-0.2, -0.15) is 10.1 Å². The molecule has 0 fully saturated rings. The first kappa shape index (κ1) is 21.0. The Morgan fingerprint density at radius 1 is 1.03 bits per heavy atom. The molecule has 0 radical (unpaired) electrons. The molecule has 2 aromatic heterocycles. The molecule has 0 N–H and O–H groups in total. The second-order valence-electron chi connectivity index (χ2n) is 7.49. The van der Waals surface area contributed by atoms with Crippen molar-refractivity contribution in [2.24, 2.45) is 0 Å². The maximum Gasteiger partial charge on any atom is 0.278 e. The minimum atomic E-state index is -0.0947.